The molecule has 1 rings (SSSR count). The average Bonchev–Trinajstić information content (AvgIpc) is 1.83. The quantitative estimate of drug-likeness (QED) is 0.535. The first-order valence-electron chi connectivity index (χ1n) is 2.38. The minimum absolute atomic E-state index is 0.306. The normalized spacial score (nSPS) is 9.67. The standard InChI is InChI=1S/C6H5FS2/c7-4-2-1-3-5(8)6(4)9/h1-3,8-9H. The summed E-state index contributed by atoms with van der Waals surface area (Å²) >= 11 is 7.81. The van der Waals surface area contributed by atoms with Crippen molar-refractivity contribution in [1.82, 2.24) is 0 Å². The SMILES string of the molecule is Fc1cccc(S)c1S. The van der Waals surface area contributed by atoms with Gasteiger partial charge in [0.05, 0.1) is 4.90 Å². The van der Waals surface area contributed by atoms with Crippen LogP contribution in [-0.4, -0.2) is 0 Å². The maximum atomic E-state index is 12.5. The third-order valence-electron chi connectivity index (χ3n) is 0.965. The molecule has 0 fully saturated rings. The van der Waals surface area contributed by atoms with Gasteiger partial charge >= 0.3 is 0 Å². The van der Waals surface area contributed by atoms with Gasteiger partial charge in [-0.15, -0.1) is 25.3 Å². The van der Waals surface area contributed by atoms with E-state index in [1.54, 1.807) is 12.1 Å². The van der Waals surface area contributed by atoms with Crippen LogP contribution >= 0.6 is 25.3 Å². The molecule has 9 heavy (non-hydrogen) atoms. The first kappa shape index (κ1) is 6.96. The van der Waals surface area contributed by atoms with Crippen molar-refractivity contribution in [3.05, 3.63) is 24.0 Å². The summed E-state index contributed by atoms with van der Waals surface area (Å²) in [4.78, 5) is 0.874. The van der Waals surface area contributed by atoms with E-state index in [2.05, 4.69) is 25.3 Å². The lowest BCUT2D eigenvalue weighted by Crippen LogP contribution is -1.76. The van der Waals surface area contributed by atoms with Gasteiger partial charge in [-0.1, -0.05) is 6.07 Å². The molecule has 48 valence electrons. The molecule has 1 aromatic rings. The molecule has 0 aromatic heterocycles. The Bertz CT molecular complexity index is 202. The van der Waals surface area contributed by atoms with Crippen molar-refractivity contribution in [2.45, 2.75) is 9.79 Å². The van der Waals surface area contributed by atoms with Crippen LogP contribution in [0.15, 0.2) is 28.0 Å². The third-order valence-corrected chi connectivity index (χ3v) is 1.97. The maximum absolute atomic E-state index is 12.5. The smallest absolute Gasteiger partial charge is 0.137 e. The molecular weight excluding hydrogens is 155 g/mol. The lowest BCUT2D eigenvalue weighted by Gasteiger charge is -1.95. The van der Waals surface area contributed by atoms with Crippen LogP contribution in [0.25, 0.3) is 0 Å². The zero-order valence-corrected chi connectivity index (χ0v) is 6.29. The van der Waals surface area contributed by atoms with E-state index < -0.39 is 0 Å². The second kappa shape index (κ2) is 2.62. The van der Waals surface area contributed by atoms with E-state index >= 15 is 0 Å². The Morgan fingerprint density at radius 1 is 1.22 bits per heavy atom. The highest BCUT2D eigenvalue weighted by Crippen LogP contribution is 2.19. The summed E-state index contributed by atoms with van der Waals surface area (Å²) in [6.45, 7) is 0. The molecule has 0 spiro atoms. The minimum Gasteiger partial charge on any atom is -0.206 e. The number of hydrogen-bond acceptors (Lipinski definition) is 2. The van der Waals surface area contributed by atoms with Gasteiger partial charge in [0.15, 0.2) is 0 Å². The highest BCUT2D eigenvalue weighted by molar-refractivity contribution is 7.83. The van der Waals surface area contributed by atoms with E-state index in [1.807, 2.05) is 0 Å². The van der Waals surface area contributed by atoms with Crippen LogP contribution in [0, 0.1) is 5.82 Å². The highest BCUT2D eigenvalue weighted by Gasteiger charge is 1.97. The number of hydrogen-bond donors (Lipinski definition) is 2. The van der Waals surface area contributed by atoms with E-state index in [9.17, 15) is 4.39 Å². The highest BCUT2D eigenvalue weighted by atomic mass is 32.1. The summed E-state index contributed by atoms with van der Waals surface area (Å²) in [6.07, 6.45) is 0. The zero-order valence-electron chi connectivity index (χ0n) is 4.50. The van der Waals surface area contributed by atoms with E-state index in [4.69, 9.17) is 0 Å². The van der Waals surface area contributed by atoms with Crippen LogP contribution in [0.4, 0.5) is 4.39 Å². The maximum Gasteiger partial charge on any atom is 0.137 e. The van der Waals surface area contributed by atoms with E-state index in [-0.39, 0.29) is 5.82 Å². The molecule has 0 nitrogen and oxygen atoms in total. The molecule has 0 bridgehead atoms. The first-order chi connectivity index (χ1) is 4.22. The summed E-state index contributed by atoms with van der Waals surface area (Å²) in [7, 11) is 0. The molecular formula is C6H5FS2. The monoisotopic (exact) mass is 160 g/mol. The summed E-state index contributed by atoms with van der Waals surface area (Å²) in [6, 6.07) is 4.63. The van der Waals surface area contributed by atoms with Crippen LogP contribution in [0.3, 0.4) is 0 Å². The Hall–Kier alpha value is -0.150. The molecule has 0 amide bonds. The van der Waals surface area contributed by atoms with Gasteiger partial charge in [-0.25, -0.2) is 4.39 Å². The molecule has 0 N–H and O–H groups in total. The van der Waals surface area contributed by atoms with Gasteiger partial charge in [0.25, 0.3) is 0 Å². The van der Waals surface area contributed by atoms with Gasteiger partial charge in [0, 0.05) is 4.90 Å². The van der Waals surface area contributed by atoms with Crippen LogP contribution < -0.4 is 0 Å². The first-order valence-corrected chi connectivity index (χ1v) is 3.27. The fourth-order valence-corrected chi connectivity index (χ4v) is 0.846. The predicted octanol–water partition coefficient (Wildman–Crippen LogP) is 2.40. The summed E-state index contributed by atoms with van der Waals surface area (Å²) < 4.78 is 12.5. The molecule has 0 heterocycles. The van der Waals surface area contributed by atoms with Gasteiger partial charge in [0.1, 0.15) is 5.82 Å². The predicted molar refractivity (Wildman–Crippen MR) is 40.9 cm³/mol. The molecule has 0 aliphatic carbocycles. The number of benzene rings is 1. The third kappa shape index (κ3) is 1.40. The number of rotatable bonds is 0. The van der Waals surface area contributed by atoms with Crippen molar-refractivity contribution in [3.8, 4) is 0 Å². The summed E-state index contributed by atoms with van der Waals surface area (Å²) in [5.41, 5.74) is 0. The van der Waals surface area contributed by atoms with Crippen LogP contribution in [-0.2, 0) is 0 Å². The Balaban J connectivity index is 3.25. The van der Waals surface area contributed by atoms with Crippen molar-refractivity contribution < 1.29 is 4.39 Å². The van der Waals surface area contributed by atoms with Crippen molar-refractivity contribution >= 4 is 25.3 Å². The Labute approximate surface area is 63.9 Å². The molecule has 0 aliphatic rings. The summed E-state index contributed by atoms with van der Waals surface area (Å²) in [5.74, 6) is -0.328. The van der Waals surface area contributed by atoms with E-state index in [0.29, 0.717) is 9.79 Å². The molecule has 0 unspecified atom stereocenters. The minimum atomic E-state index is -0.328. The Kier molecular flexibility index (Phi) is 2.03. The largest absolute Gasteiger partial charge is 0.206 e. The van der Waals surface area contributed by atoms with Gasteiger partial charge in [-0.3, -0.25) is 0 Å². The van der Waals surface area contributed by atoms with Crippen LogP contribution in [0.1, 0.15) is 0 Å². The molecule has 3 heteroatoms. The lowest BCUT2D eigenvalue weighted by atomic mass is 10.3. The topological polar surface area (TPSA) is 0 Å². The summed E-state index contributed by atoms with van der Waals surface area (Å²) in [5, 5.41) is 0. The number of halogens is 1. The zero-order chi connectivity index (χ0) is 6.85. The molecule has 1 aromatic carbocycles. The molecule has 0 saturated heterocycles. The molecule has 0 aliphatic heterocycles. The molecule has 0 saturated carbocycles. The van der Waals surface area contributed by atoms with Crippen molar-refractivity contribution in [3.63, 3.8) is 0 Å². The average molecular weight is 160 g/mol. The van der Waals surface area contributed by atoms with Crippen molar-refractivity contribution in [1.29, 1.82) is 0 Å². The molecule has 0 radical (unpaired) electrons. The van der Waals surface area contributed by atoms with Gasteiger partial charge < -0.3 is 0 Å². The fraction of sp³-hybridized carbons (Fsp3) is 0. The Morgan fingerprint density at radius 2 is 1.89 bits per heavy atom. The Morgan fingerprint density at radius 3 is 2.33 bits per heavy atom. The second-order valence-corrected chi connectivity index (χ2v) is 2.54. The van der Waals surface area contributed by atoms with E-state index in [1.165, 1.54) is 6.07 Å². The van der Waals surface area contributed by atoms with E-state index in [0.717, 1.165) is 0 Å². The van der Waals surface area contributed by atoms with Crippen molar-refractivity contribution in [2.24, 2.45) is 0 Å². The fourth-order valence-electron chi connectivity index (χ4n) is 0.504. The molecule has 0 atom stereocenters. The second-order valence-electron chi connectivity index (χ2n) is 1.61. The van der Waals surface area contributed by atoms with Gasteiger partial charge in [-0.2, -0.15) is 0 Å². The van der Waals surface area contributed by atoms with Crippen LogP contribution in [0.5, 0.6) is 0 Å². The lowest BCUT2D eigenvalue weighted by molar-refractivity contribution is 0.595. The number of thiol groups is 2. The van der Waals surface area contributed by atoms with Gasteiger partial charge in [0.2, 0.25) is 0 Å². The van der Waals surface area contributed by atoms with Crippen LogP contribution in [0.2, 0.25) is 0 Å². The van der Waals surface area contributed by atoms with Gasteiger partial charge in [-0.05, 0) is 12.1 Å². The van der Waals surface area contributed by atoms with Crippen molar-refractivity contribution in [2.75, 3.05) is 0 Å².